The summed E-state index contributed by atoms with van der Waals surface area (Å²) in [5.41, 5.74) is 0.883. The molecule has 0 amide bonds. The molecule has 20 heavy (non-hydrogen) atoms. The van der Waals surface area contributed by atoms with Gasteiger partial charge in [-0.05, 0) is 46.5 Å². The summed E-state index contributed by atoms with van der Waals surface area (Å²) in [7, 11) is 1.74. The molecule has 0 heterocycles. The maximum Gasteiger partial charge on any atom is 0.191 e. The third-order valence-corrected chi connectivity index (χ3v) is 3.66. The van der Waals surface area contributed by atoms with Crippen molar-refractivity contribution in [3.05, 3.63) is 46.2 Å². The Bertz CT molecular complexity index is 497. The molecule has 0 aromatic heterocycles. The van der Waals surface area contributed by atoms with Crippen LogP contribution in [0.2, 0.25) is 0 Å². The summed E-state index contributed by atoms with van der Waals surface area (Å²) in [4.78, 5) is 4.17. The Morgan fingerprint density at radius 3 is 2.70 bits per heavy atom. The van der Waals surface area contributed by atoms with Gasteiger partial charge in [-0.2, -0.15) is 0 Å². The maximum atomic E-state index is 13.4. The van der Waals surface area contributed by atoms with Crippen molar-refractivity contribution >= 4 is 45.9 Å². The largest absolute Gasteiger partial charge is 0.353 e. The van der Waals surface area contributed by atoms with Gasteiger partial charge < -0.3 is 10.6 Å². The monoisotopic (exact) mass is 453 g/mol. The number of benzene rings is 1. The van der Waals surface area contributed by atoms with E-state index in [0.717, 1.165) is 24.4 Å². The van der Waals surface area contributed by atoms with E-state index in [1.54, 1.807) is 13.1 Å². The zero-order valence-electron chi connectivity index (χ0n) is 11.2. The summed E-state index contributed by atoms with van der Waals surface area (Å²) in [6.45, 7) is 0.546. The molecule has 0 bridgehead atoms. The van der Waals surface area contributed by atoms with Gasteiger partial charge in [0.25, 0.3) is 0 Å². The maximum absolute atomic E-state index is 13.4. The van der Waals surface area contributed by atoms with Crippen molar-refractivity contribution in [2.75, 3.05) is 7.05 Å². The number of halogens is 3. The molecular formula is C14H18BrFIN3. The highest BCUT2D eigenvalue weighted by molar-refractivity contribution is 14.0. The van der Waals surface area contributed by atoms with Crippen LogP contribution in [0.5, 0.6) is 0 Å². The summed E-state index contributed by atoms with van der Waals surface area (Å²) in [5.74, 6) is 0.499. The standard InChI is InChI=1S/C14H17BrFN3.HI/c1-17-14(19-11-4-2-3-5-11)18-9-10-6-7-12(15)13(16)8-10;/h2-3,6-8,11H,4-5,9H2,1H3,(H2,17,18,19);1H. The van der Waals surface area contributed by atoms with Crippen LogP contribution in [0.15, 0.2) is 39.8 Å². The molecule has 0 fully saturated rings. The van der Waals surface area contributed by atoms with Gasteiger partial charge in [0.2, 0.25) is 0 Å². The van der Waals surface area contributed by atoms with Gasteiger partial charge in [0.1, 0.15) is 5.82 Å². The molecule has 110 valence electrons. The van der Waals surface area contributed by atoms with Gasteiger partial charge in [-0.3, -0.25) is 4.99 Å². The normalized spacial score (nSPS) is 15.1. The van der Waals surface area contributed by atoms with Crippen molar-refractivity contribution in [1.82, 2.24) is 10.6 Å². The zero-order chi connectivity index (χ0) is 13.7. The van der Waals surface area contributed by atoms with Crippen LogP contribution in [0.25, 0.3) is 0 Å². The average Bonchev–Trinajstić information content (AvgIpc) is 2.91. The molecule has 0 spiro atoms. The highest BCUT2D eigenvalue weighted by atomic mass is 127. The van der Waals surface area contributed by atoms with Crippen LogP contribution in [0, 0.1) is 5.82 Å². The van der Waals surface area contributed by atoms with Crippen molar-refractivity contribution in [3.8, 4) is 0 Å². The minimum atomic E-state index is -0.248. The predicted octanol–water partition coefficient (Wildman–Crippen LogP) is 3.59. The number of hydrogen-bond donors (Lipinski definition) is 2. The summed E-state index contributed by atoms with van der Waals surface area (Å²) in [5, 5.41) is 6.52. The number of nitrogens with zero attached hydrogens (tertiary/aromatic N) is 1. The second kappa shape index (κ2) is 8.61. The van der Waals surface area contributed by atoms with Crippen LogP contribution in [-0.2, 0) is 6.54 Å². The fraction of sp³-hybridized carbons (Fsp3) is 0.357. The molecule has 1 aliphatic rings. The Kier molecular flexibility index (Phi) is 7.50. The molecule has 0 atom stereocenters. The minimum absolute atomic E-state index is 0. The molecule has 0 saturated carbocycles. The van der Waals surface area contributed by atoms with Crippen molar-refractivity contribution in [2.24, 2.45) is 4.99 Å². The van der Waals surface area contributed by atoms with Crippen molar-refractivity contribution in [2.45, 2.75) is 25.4 Å². The van der Waals surface area contributed by atoms with Crippen LogP contribution in [-0.4, -0.2) is 19.0 Å². The fourth-order valence-electron chi connectivity index (χ4n) is 1.96. The first-order valence-electron chi connectivity index (χ1n) is 6.25. The van der Waals surface area contributed by atoms with E-state index in [4.69, 9.17) is 0 Å². The summed E-state index contributed by atoms with van der Waals surface area (Å²) in [6, 6.07) is 5.52. The van der Waals surface area contributed by atoms with E-state index < -0.39 is 0 Å². The van der Waals surface area contributed by atoms with E-state index in [9.17, 15) is 4.39 Å². The minimum Gasteiger partial charge on any atom is -0.353 e. The number of hydrogen-bond acceptors (Lipinski definition) is 1. The number of guanidine groups is 1. The molecule has 0 unspecified atom stereocenters. The lowest BCUT2D eigenvalue weighted by molar-refractivity contribution is 0.615. The summed E-state index contributed by atoms with van der Waals surface area (Å²) >= 11 is 3.14. The van der Waals surface area contributed by atoms with Crippen LogP contribution in [0.1, 0.15) is 18.4 Å². The topological polar surface area (TPSA) is 36.4 Å². The molecule has 2 rings (SSSR count). The third-order valence-electron chi connectivity index (χ3n) is 3.02. The smallest absolute Gasteiger partial charge is 0.191 e. The second-order valence-corrected chi connectivity index (χ2v) is 5.31. The van der Waals surface area contributed by atoms with Gasteiger partial charge in [-0.15, -0.1) is 24.0 Å². The Morgan fingerprint density at radius 1 is 1.40 bits per heavy atom. The molecule has 0 aliphatic heterocycles. The fourth-order valence-corrected chi connectivity index (χ4v) is 2.21. The van der Waals surface area contributed by atoms with Gasteiger partial charge in [0.15, 0.2) is 5.96 Å². The lowest BCUT2D eigenvalue weighted by atomic mass is 10.2. The molecule has 2 N–H and O–H groups in total. The van der Waals surface area contributed by atoms with E-state index in [2.05, 4.69) is 43.7 Å². The molecule has 3 nitrogen and oxygen atoms in total. The van der Waals surface area contributed by atoms with E-state index in [0.29, 0.717) is 17.1 Å². The quantitative estimate of drug-likeness (QED) is 0.317. The molecular weight excluding hydrogens is 436 g/mol. The van der Waals surface area contributed by atoms with Gasteiger partial charge in [0.05, 0.1) is 4.47 Å². The number of rotatable bonds is 3. The van der Waals surface area contributed by atoms with Crippen LogP contribution < -0.4 is 10.6 Å². The number of nitrogens with one attached hydrogen (secondary N) is 2. The van der Waals surface area contributed by atoms with Crippen molar-refractivity contribution in [3.63, 3.8) is 0 Å². The first-order chi connectivity index (χ1) is 9.19. The number of aliphatic imine (C=N–C) groups is 1. The first kappa shape index (κ1) is 17.4. The Balaban J connectivity index is 0.00000200. The highest BCUT2D eigenvalue weighted by Gasteiger charge is 2.11. The van der Waals surface area contributed by atoms with Crippen LogP contribution >= 0.6 is 39.9 Å². The predicted molar refractivity (Wildman–Crippen MR) is 95.0 cm³/mol. The Hall–Kier alpha value is -0.630. The van der Waals surface area contributed by atoms with Gasteiger partial charge in [0, 0.05) is 19.6 Å². The van der Waals surface area contributed by atoms with Crippen LogP contribution in [0.3, 0.4) is 0 Å². The third kappa shape index (κ3) is 5.05. The Morgan fingerprint density at radius 2 is 2.10 bits per heavy atom. The van der Waals surface area contributed by atoms with Gasteiger partial charge in [-0.1, -0.05) is 18.2 Å². The zero-order valence-corrected chi connectivity index (χ0v) is 15.1. The van der Waals surface area contributed by atoms with E-state index in [-0.39, 0.29) is 29.8 Å². The SMILES string of the molecule is CN=C(NCc1ccc(Br)c(F)c1)NC1CC=CC1.I. The average molecular weight is 454 g/mol. The molecule has 1 aromatic carbocycles. The molecule has 6 heteroatoms. The lowest BCUT2D eigenvalue weighted by Gasteiger charge is -2.17. The summed E-state index contributed by atoms with van der Waals surface area (Å²) in [6.07, 6.45) is 6.37. The van der Waals surface area contributed by atoms with Gasteiger partial charge >= 0.3 is 0 Å². The van der Waals surface area contributed by atoms with Crippen molar-refractivity contribution in [1.29, 1.82) is 0 Å². The Labute approximate surface area is 144 Å². The molecule has 0 radical (unpaired) electrons. The highest BCUT2D eigenvalue weighted by Crippen LogP contribution is 2.16. The van der Waals surface area contributed by atoms with E-state index >= 15 is 0 Å². The van der Waals surface area contributed by atoms with Crippen molar-refractivity contribution < 1.29 is 4.39 Å². The molecule has 1 aromatic rings. The summed E-state index contributed by atoms with van der Waals surface area (Å²) < 4.78 is 13.9. The molecule has 0 saturated heterocycles. The lowest BCUT2D eigenvalue weighted by Crippen LogP contribution is -2.42. The van der Waals surface area contributed by atoms with Crippen LogP contribution in [0.4, 0.5) is 4.39 Å². The molecule has 1 aliphatic carbocycles. The van der Waals surface area contributed by atoms with Gasteiger partial charge in [-0.25, -0.2) is 4.39 Å². The first-order valence-corrected chi connectivity index (χ1v) is 7.04. The second-order valence-electron chi connectivity index (χ2n) is 4.46. The van der Waals surface area contributed by atoms with E-state index in [1.165, 1.54) is 6.07 Å². The van der Waals surface area contributed by atoms with E-state index in [1.807, 2.05) is 6.07 Å².